The van der Waals surface area contributed by atoms with Crippen LogP contribution in [-0.4, -0.2) is 35.1 Å². The Kier molecular flexibility index (Phi) is 4.71. The van der Waals surface area contributed by atoms with E-state index in [-0.39, 0.29) is 19.0 Å². The normalized spacial score (nSPS) is 9.81. The lowest BCUT2D eigenvalue weighted by molar-refractivity contribution is -0.137. The fraction of sp³-hybridized carbons (Fsp3) is 0.444. The average molecular weight is 243 g/mol. The van der Waals surface area contributed by atoms with Crippen LogP contribution < -0.4 is 10.6 Å². The maximum absolute atomic E-state index is 11.1. The van der Waals surface area contributed by atoms with E-state index in [0.29, 0.717) is 5.13 Å². The highest BCUT2D eigenvalue weighted by Gasteiger charge is 2.05. The van der Waals surface area contributed by atoms with Gasteiger partial charge in [-0.15, -0.1) is 11.3 Å². The molecule has 1 amide bonds. The van der Waals surface area contributed by atoms with Crippen molar-refractivity contribution in [2.45, 2.75) is 13.3 Å². The molecule has 0 radical (unpaired) electrons. The zero-order valence-electron chi connectivity index (χ0n) is 8.82. The third-order valence-electron chi connectivity index (χ3n) is 1.75. The van der Waals surface area contributed by atoms with E-state index in [9.17, 15) is 9.59 Å². The standard InChI is InChI=1S/C9H13N3O3S/c1-2-6-5-16-9(12-6)11-3-7(13)10-4-8(14)15/h5H,2-4H2,1H3,(H,10,13)(H,11,12)(H,14,15). The molecule has 1 rings (SSSR count). The van der Waals surface area contributed by atoms with Crippen molar-refractivity contribution in [2.75, 3.05) is 18.4 Å². The van der Waals surface area contributed by atoms with Crippen molar-refractivity contribution >= 4 is 28.3 Å². The van der Waals surface area contributed by atoms with Crippen LogP contribution in [0.2, 0.25) is 0 Å². The number of thiazole rings is 1. The van der Waals surface area contributed by atoms with Crippen molar-refractivity contribution in [1.82, 2.24) is 10.3 Å². The molecular formula is C9H13N3O3S. The number of amides is 1. The van der Waals surface area contributed by atoms with Crippen LogP contribution in [0.5, 0.6) is 0 Å². The number of nitrogens with zero attached hydrogens (tertiary/aromatic N) is 1. The van der Waals surface area contributed by atoms with Gasteiger partial charge in [-0.2, -0.15) is 0 Å². The Morgan fingerprint density at radius 3 is 2.81 bits per heavy atom. The van der Waals surface area contributed by atoms with Gasteiger partial charge >= 0.3 is 5.97 Å². The molecule has 1 heterocycles. The van der Waals surface area contributed by atoms with Gasteiger partial charge in [-0.3, -0.25) is 9.59 Å². The molecule has 88 valence electrons. The van der Waals surface area contributed by atoms with Gasteiger partial charge in [0.15, 0.2) is 5.13 Å². The third-order valence-corrected chi connectivity index (χ3v) is 2.60. The van der Waals surface area contributed by atoms with E-state index in [1.807, 2.05) is 12.3 Å². The van der Waals surface area contributed by atoms with Gasteiger partial charge in [-0.05, 0) is 6.42 Å². The first kappa shape index (κ1) is 12.4. The van der Waals surface area contributed by atoms with Crippen molar-refractivity contribution < 1.29 is 14.7 Å². The van der Waals surface area contributed by atoms with Crippen LogP contribution >= 0.6 is 11.3 Å². The van der Waals surface area contributed by atoms with Crippen molar-refractivity contribution in [1.29, 1.82) is 0 Å². The van der Waals surface area contributed by atoms with Gasteiger partial charge in [-0.25, -0.2) is 4.98 Å². The summed E-state index contributed by atoms with van der Waals surface area (Å²) in [7, 11) is 0. The van der Waals surface area contributed by atoms with Crippen LogP contribution in [0.4, 0.5) is 5.13 Å². The SMILES string of the molecule is CCc1csc(NCC(=O)NCC(=O)O)n1. The first-order chi connectivity index (χ1) is 7.61. The molecule has 0 saturated carbocycles. The summed E-state index contributed by atoms with van der Waals surface area (Å²) in [6, 6.07) is 0. The molecule has 0 aliphatic heterocycles. The maximum Gasteiger partial charge on any atom is 0.322 e. The molecule has 7 heteroatoms. The largest absolute Gasteiger partial charge is 0.480 e. The predicted octanol–water partition coefficient (Wildman–Crippen LogP) is 0.318. The summed E-state index contributed by atoms with van der Waals surface area (Å²) in [5.41, 5.74) is 0.971. The Bertz CT molecular complexity index is 378. The summed E-state index contributed by atoms with van der Waals surface area (Å²) in [5, 5.41) is 16.0. The van der Waals surface area contributed by atoms with E-state index < -0.39 is 5.97 Å². The van der Waals surface area contributed by atoms with Gasteiger partial charge < -0.3 is 15.7 Å². The Morgan fingerprint density at radius 1 is 1.50 bits per heavy atom. The molecule has 3 N–H and O–H groups in total. The van der Waals surface area contributed by atoms with E-state index in [2.05, 4.69) is 15.6 Å². The molecule has 0 saturated heterocycles. The molecule has 0 atom stereocenters. The molecule has 0 aromatic carbocycles. The number of aromatic nitrogens is 1. The highest BCUT2D eigenvalue weighted by Crippen LogP contribution is 2.14. The fourth-order valence-electron chi connectivity index (χ4n) is 0.943. The predicted molar refractivity (Wildman–Crippen MR) is 60.6 cm³/mol. The van der Waals surface area contributed by atoms with Gasteiger partial charge in [0.1, 0.15) is 6.54 Å². The number of anilines is 1. The Hall–Kier alpha value is -1.63. The molecule has 0 bridgehead atoms. The number of carbonyl (C=O) groups is 2. The molecule has 6 nitrogen and oxygen atoms in total. The second-order valence-corrected chi connectivity index (χ2v) is 3.88. The molecule has 1 aromatic rings. The molecule has 1 aromatic heterocycles. The van der Waals surface area contributed by atoms with Crippen LogP contribution in [0.25, 0.3) is 0 Å². The van der Waals surface area contributed by atoms with Crippen LogP contribution in [0.15, 0.2) is 5.38 Å². The topological polar surface area (TPSA) is 91.3 Å². The van der Waals surface area contributed by atoms with E-state index >= 15 is 0 Å². The summed E-state index contributed by atoms with van der Waals surface area (Å²) < 4.78 is 0. The van der Waals surface area contributed by atoms with E-state index in [1.165, 1.54) is 11.3 Å². The lowest BCUT2D eigenvalue weighted by Gasteiger charge is -2.02. The van der Waals surface area contributed by atoms with Crippen LogP contribution in [0.3, 0.4) is 0 Å². The summed E-state index contributed by atoms with van der Waals surface area (Å²) in [4.78, 5) is 25.5. The second-order valence-electron chi connectivity index (χ2n) is 3.02. The number of carboxylic acid groups (broad SMARTS) is 1. The van der Waals surface area contributed by atoms with Crippen LogP contribution in [0.1, 0.15) is 12.6 Å². The molecule has 0 aliphatic carbocycles. The second kappa shape index (κ2) is 6.06. The molecule has 0 aliphatic rings. The monoisotopic (exact) mass is 243 g/mol. The quantitative estimate of drug-likeness (QED) is 0.669. The van der Waals surface area contributed by atoms with Crippen molar-refractivity contribution in [3.8, 4) is 0 Å². The fourth-order valence-corrected chi connectivity index (χ4v) is 1.74. The number of hydrogen-bond donors (Lipinski definition) is 3. The third kappa shape index (κ3) is 4.26. The van der Waals surface area contributed by atoms with E-state index in [4.69, 9.17) is 5.11 Å². The Morgan fingerprint density at radius 2 is 2.25 bits per heavy atom. The molecular weight excluding hydrogens is 230 g/mol. The number of aliphatic carboxylic acids is 1. The molecule has 0 fully saturated rings. The minimum atomic E-state index is -1.06. The lowest BCUT2D eigenvalue weighted by Crippen LogP contribution is -2.33. The first-order valence-corrected chi connectivity index (χ1v) is 5.66. The zero-order chi connectivity index (χ0) is 12.0. The molecule has 16 heavy (non-hydrogen) atoms. The van der Waals surface area contributed by atoms with Gasteiger partial charge in [0.05, 0.1) is 12.2 Å². The molecule has 0 unspecified atom stereocenters. The van der Waals surface area contributed by atoms with Crippen molar-refractivity contribution in [3.63, 3.8) is 0 Å². The van der Waals surface area contributed by atoms with Crippen LogP contribution in [-0.2, 0) is 16.0 Å². The minimum Gasteiger partial charge on any atom is -0.480 e. The van der Waals surface area contributed by atoms with Gasteiger partial charge in [-0.1, -0.05) is 6.92 Å². The van der Waals surface area contributed by atoms with Gasteiger partial charge in [0.2, 0.25) is 5.91 Å². The number of carbonyl (C=O) groups excluding carboxylic acids is 1. The Labute approximate surface area is 96.7 Å². The van der Waals surface area contributed by atoms with Crippen molar-refractivity contribution in [3.05, 3.63) is 11.1 Å². The van der Waals surface area contributed by atoms with Gasteiger partial charge in [0.25, 0.3) is 0 Å². The first-order valence-electron chi connectivity index (χ1n) is 4.78. The number of hydrogen-bond acceptors (Lipinski definition) is 5. The number of aryl methyl sites for hydroxylation is 1. The molecule has 0 spiro atoms. The summed E-state index contributed by atoms with van der Waals surface area (Å²) in [5.74, 6) is -1.42. The highest BCUT2D eigenvalue weighted by atomic mass is 32.1. The highest BCUT2D eigenvalue weighted by molar-refractivity contribution is 7.13. The number of carboxylic acids is 1. The average Bonchev–Trinajstić information content (AvgIpc) is 2.71. The Balaban J connectivity index is 2.28. The number of rotatable bonds is 6. The number of nitrogens with one attached hydrogen (secondary N) is 2. The summed E-state index contributed by atoms with van der Waals surface area (Å²) in [6.07, 6.45) is 0.851. The van der Waals surface area contributed by atoms with Crippen LogP contribution in [0, 0.1) is 0 Å². The summed E-state index contributed by atoms with van der Waals surface area (Å²) >= 11 is 1.42. The summed E-state index contributed by atoms with van der Waals surface area (Å²) in [6.45, 7) is 1.67. The van der Waals surface area contributed by atoms with E-state index in [0.717, 1.165) is 12.1 Å². The smallest absolute Gasteiger partial charge is 0.322 e. The van der Waals surface area contributed by atoms with Crippen molar-refractivity contribution in [2.24, 2.45) is 0 Å². The van der Waals surface area contributed by atoms with E-state index in [1.54, 1.807) is 0 Å². The lowest BCUT2D eigenvalue weighted by atomic mass is 10.4. The zero-order valence-corrected chi connectivity index (χ0v) is 9.63. The van der Waals surface area contributed by atoms with Gasteiger partial charge in [0, 0.05) is 5.38 Å². The minimum absolute atomic E-state index is 0.0317. The maximum atomic E-state index is 11.1.